The van der Waals surface area contributed by atoms with Gasteiger partial charge in [-0.2, -0.15) is 0 Å². The van der Waals surface area contributed by atoms with Crippen molar-refractivity contribution in [2.24, 2.45) is 5.92 Å². The van der Waals surface area contributed by atoms with E-state index in [2.05, 4.69) is 49.1 Å². The van der Waals surface area contributed by atoms with Crippen LogP contribution in [0.2, 0.25) is 0 Å². The van der Waals surface area contributed by atoms with Gasteiger partial charge in [-0.25, -0.2) is 34.9 Å². The Morgan fingerprint density at radius 2 is 1.84 bits per heavy atom. The number of nitrogens with zero attached hydrogens (tertiary/aromatic N) is 8. The average Bonchev–Trinajstić information content (AvgIpc) is 3.73. The number of hydrogen-bond acceptors (Lipinski definition) is 10. The van der Waals surface area contributed by atoms with Crippen molar-refractivity contribution in [1.82, 2.24) is 39.5 Å². The third-order valence-electron chi connectivity index (χ3n) is 7.53. The second kappa shape index (κ2) is 10.4. The molecular weight excluding hydrogens is 498 g/mol. The number of anilines is 1. The molecule has 11 heteroatoms. The molecule has 0 unspecified atom stereocenters. The summed E-state index contributed by atoms with van der Waals surface area (Å²) >= 11 is 1.69. The number of aryl methyl sites for hydroxylation is 1. The van der Waals surface area contributed by atoms with Crippen LogP contribution in [0.4, 0.5) is 5.82 Å². The Hall–Kier alpha value is -3.47. The minimum absolute atomic E-state index is 0.0114. The van der Waals surface area contributed by atoms with E-state index < -0.39 is 0 Å². The van der Waals surface area contributed by atoms with Gasteiger partial charge in [-0.3, -0.25) is 9.36 Å². The Morgan fingerprint density at radius 3 is 2.53 bits per heavy atom. The molecule has 1 N–H and O–H groups in total. The lowest BCUT2D eigenvalue weighted by Gasteiger charge is -2.33. The summed E-state index contributed by atoms with van der Waals surface area (Å²) < 4.78 is 1.80. The summed E-state index contributed by atoms with van der Waals surface area (Å²) in [6.45, 7) is 6.46. The van der Waals surface area contributed by atoms with E-state index in [9.17, 15) is 4.79 Å². The molecule has 2 aliphatic rings. The number of fused-ring (bicyclic) bond motifs is 1. The van der Waals surface area contributed by atoms with Gasteiger partial charge in [-0.15, -0.1) is 11.8 Å². The van der Waals surface area contributed by atoms with Crippen LogP contribution in [0.3, 0.4) is 0 Å². The zero-order valence-electron chi connectivity index (χ0n) is 21.9. The Bertz CT molecular complexity index is 1530. The monoisotopic (exact) mass is 529 g/mol. The van der Waals surface area contributed by atoms with Gasteiger partial charge < -0.3 is 5.32 Å². The first-order valence-corrected chi connectivity index (χ1v) is 14.3. The Morgan fingerprint density at radius 1 is 1.05 bits per heavy atom. The van der Waals surface area contributed by atoms with E-state index in [0.717, 1.165) is 53.3 Å². The molecule has 2 aliphatic carbocycles. The standard InChI is InChI=1S/C27H31N9OS/c1-4-38-19-10-28-21(29-11-19)13-31-25-27(37)36(16(3)17-6-5-7-17)26-20(34-25)12-30-24(35-26)22-15(2)32-14-33-23(22)18-8-9-18/h10-12,14,16-18H,4-9,13H2,1-3H3,(H,31,34)/t16-/m0/s1. The van der Waals surface area contributed by atoms with E-state index in [0.29, 0.717) is 41.2 Å². The van der Waals surface area contributed by atoms with Crippen LogP contribution in [0, 0.1) is 12.8 Å². The molecule has 196 valence electrons. The van der Waals surface area contributed by atoms with E-state index in [1.165, 1.54) is 6.42 Å². The van der Waals surface area contributed by atoms with Gasteiger partial charge in [0.25, 0.3) is 5.56 Å². The minimum atomic E-state index is -0.192. The maximum Gasteiger partial charge on any atom is 0.295 e. The topological polar surface area (TPSA) is 124 Å². The van der Waals surface area contributed by atoms with Crippen LogP contribution in [0.15, 0.2) is 34.6 Å². The van der Waals surface area contributed by atoms with Crippen molar-refractivity contribution in [3.05, 3.63) is 52.5 Å². The summed E-state index contributed by atoms with van der Waals surface area (Å²) in [6, 6.07) is -0.0114. The fourth-order valence-electron chi connectivity index (χ4n) is 5.02. The summed E-state index contributed by atoms with van der Waals surface area (Å²) in [5, 5.41) is 3.18. The van der Waals surface area contributed by atoms with Crippen LogP contribution in [0.1, 0.15) is 75.1 Å². The van der Waals surface area contributed by atoms with Gasteiger partial charge >= 0.3 is 0 Å². The summed E-state index contributed by atoms with van der Waals surface area (Å²) in [5.74, 6) is 3.22. The second-order valence-electron chi connectivity index (χ2n) is 10.1. The predicted octanol–water partition coefficient (Wildman–Crippen LogP) is 4.70. The van der Waals surface area contributed by atoms with Crippen LogP contribution in [0.25, 0.3) is 22.6 Å². The number of aromatic nitrogens is 8. The molecule has 0 aliphatic heterocycles. The second-order valence-corrected chi connectivity index (χ2v) is 11.4. The Kier molecular flexibility index (Phi) is 6.77. The quantitative estimate of drug-likeness (QED) is 0.305. The third kappa shape index (κ3) is 4.75. The lowest BCUT2D eigenvalue weighted by Crippen LogP contribution is -2.34. The molecule has 10 nitrogen and oxygen atoms in total. The molecule has 1 atom stereocenters. The van der Waals surface area contributed by atoms with Gasteiger partial charge in [0.05, 0.1) is 29.7 Å². The molecule has 0 spiro atoms. The highest BCUT2D eigenvalue weighted by atomic mass is 32.2. The smallest absolute Gasteiger partial charge is 0.295 e. The fourth-order valence-corrected chi connectivity index (χ4v) is 5.61. The third-order valence-corrected chi connectivity index (χ3v) is 8.36. The Balaban J connectivity index is 1.40. The molecule has 2 saturated carbocycles. The summed E-state index contributed by atoms with van der Waals surface area (Å²) in [5.41, 5.74) is 3.64. The maximum absolute atomic E-state index is 13.8. The number of rotatable bonds is 9. The van der Waals surface area contributed by atoms with Crippen LogP contribution in [-0.2, 0) is 6.54 Å². The largest absolute Gasteiger partial charge is 0.358 e. The van der Waals surface area contributed by atoms with E-state index >= 15 is 0 Å². The van der Waals surface area contributed by atoms with Crippen molar-refractivity contribution in [1.29, 1.82) is 0 Å². The highest BCUT2D eigenvalue weighted by Crippen LogP contribution is 2.43. The SMILES string of the molecule is CCSc1cnc(CNc2nc3cnc(-c4c(C)ncnc4C4CC4)nc3n([C@@H](C)C3CCC3)c2=O)nc1. The first-order valence-electron chi connectivity index (χ1n) is 13.3. The molecule has 4 aromatic rings. The molecule has 2 fully saturated rings. The van der Waals surface area contributed by atoms with Crippen molar-refractivity contribution >= 4 is 28.7 Å². The number of hydrogen-bond donors (Lipinski definition) is 1. The van der Waals surface area contributed by atoms with Crippen molar-refractivity contribution in [2.45, 2.75) is 76.3 Å². The molecule has 0 aromatic carbocycles. The van der Waals surface area contributed by atoms with E-state index in [-0.39, 0.29) is 17.4 Å². The highest BCUT2D eigenvalue weighted by molar-refractivity contribution is 7.99. The van der Waals surface area contributed by atoms with Crippen molar-refractivity contribution in [2.75, 3.05) is 11.1 Å². The molecule has 4 heterocycles. The molecular formula is C27H31N9OS. The Labute approximate surface area is 225 Å². The molecule has 0 radical (unpaired) electrons. The normalized spacial score (nSPS) is 16.4. The summed E-state index contributed by atoms with van der Waals surface area (Å²) in [4.78, 5) is 47.0. The van der Waals surface area contributed by atoms with Crippen LogP contribution in [-0.4, -0.2) is 45.2 Å². The number of nitrogens with one attached hydrogen (secondary N) is 1. The van der Waals surface area contributed by atoms with Crippen molar-refractivity contribution in [3.8, 4) is 11.4 Å². The molecule has 0 bridgehead atoms. The van der Waals surface area contributed by atoms with E-state index in [4.69, 9.17) is 4.98 Å². The van der Waals surface area contributed by atoms with Gasteiger partial charge in [0.15, 0.2) is 17.3 Å². The lowest BCUT2D eigenvalue weighted by molar-refractivity contribution is 0.222. The minimum Gasteiger partial charge on any atom is -0.358 e. The predicted molar refractivity (Wildman–Crippen MR) is 147 cm³/mol. The summed E-state index contributed by atoms with van der Waals surface area (Å²) in [7, 11) is 0. The van der Waals surface area contributed by atoms with Gasteiger partial charge in [-0.1, -0.05) is 13.3 Å². The van der Waals surface area contributed by atoms with Gasteiger partial charge in [0.2, 0.25) is 0 Å². The van der Waals surface area contributed by atoms with E-state index in [1.54, 1.807) is 28.9 Å². The van der Waals surface area contributed by atoms with Crippen LogP contribution in [0.5, 0.6) is 0 Å². The van der Waals surface area contributed by atoms with Crippen molar-refractivity contribution in [3.63, 3.8) is 0 Å². The van der Waals surface area contributed by atoms with Gasteiger partial charge in [-0.05, 0) is 51.2 Å². The summed E-state index contributed by atoms with van der Waals surface area (Å²) in [6.07, 6.45) is 12.6. The van der Waals surface area contributed by atoms with E-state index in [1.807, 2.05) is 19.3 Å². The zero-order valence-corrected chi connectivity index (χ0v) is 22.7. The zero-order chi connectivity index (χ0) is 26.2. The molecule has 6 rings (SSSR count). The highest BCUT2D eigenvalue weighted by Gasteiger charge is 2.31. The van der Waals surface area contributed by atoms with Crippen LogP contribution < -0.4 is 10.9 Å². The molecule has 4 aromatic heterocycles. The maximum atomic E-state index is 13.8. The van der Waals surface area contributed by atoms with Gasteiger partial charge in [0, 0.05) is 29.2 Å². The first kappa shape index (κ1) is 24.8. The molecule has 38 heavy (non-hydrogen) atoms. The van der Waals surface area contributed by atoms with Crippen LogP contribution >= 0.6 is 11.8 Å². The van der Waals surface area contributed by atoms with Crippen molar-refractivity contribution < 1.29 is 0 Å². The fraction of sp³-hybridized carbons (Fsp3) is 0.481. The first-order chi connectivity index (χ1) is 18.5. The molecule has 0 saturated heterocycles. The lowest BCUT2D eigenvalue weighted by atomic mass is 9.80. The molecule has 0 amide bonds. The average molecular weight is 530 g/mol. The van der Waals surface area contributed by atoms with Gasteiger partial charge in [0.1, 0.15) is 17.7 Å². The number of thioether (sulfide) groups is 1.